The van der Waals surface area contributed by atoms with Crippen LogP contribution in [-0.4, -0.2) is 34.6 Å². The molecule has 0 saturated carbocycles. The van der Waals surface area contributed by atoms with E-state index in [1.807, 2.05) is 0 Å². The zero-order valence-electron chi connectivity index (χ0n) is 11.5. The third-order valence-electron chi connectivity index (χ3n) is 2.80. The van der Waals surface area contributed by atoms with E-state index in [1.54, 1.807) is 23.0 Å². The molecule has 21 heavy (non-hydrogen) atoms. The lowest BCUT2D eigenvalue weighted by Crippen LogP contribution is -2.29. The van der Waals surface area contributed by atoms with Crippen molar-refractivity contribution in [3.8, 4) is 5.75 Å². The van der Waals surface area contributed by atoms with Gasteiger partial charge in [-0.15, -0.1) is 5.10 Å². The van der Waals surface area contributed by atoms with E-state index in [0.29, 0.717) is 12.2 Å². The summed E-state index contributed by atoms with van der Waals surface area (Å²) in [5.74, 6) is -0.491. The molecule has 0 aliphatic rings. The lowest BCUT2D eigenvalue weighted by Gasteiger charge is -2.05. The van der Waals surface area contributed by atoms with Gasteiger partial charge in [0.05, 0.1) is 32.9 Å². The fraction of sp³-hybridized carbons (Fsp3) is 0.308. The van der Waals surface area contributed by atoms with E-state index in [9.17, 15) is 9.18 Å². The minimum Gasteiger partial charge on any atom is -0.494 e. The third kappa shape index (κ3) is 3.99. The van der Waals surface area contributed by atoms with E-state index in [-0.39, 0.29) is 24.7 Å². The number of hydrogen-bond donors (Lipinski definition) is 2. The largest absolute Gasteiger partial charge is 0.494 e. The molecule has 0 saturated heterocycles. The smallest absolute Gasteiger partial charge is 0.234 e. The Morgan fingerprint density at radius 1 is 1.52 bits per heavy atom. The summed E-state index contributed by atoms with van der Waals surface area (Å²) in [7, 11) is 1.41. The van der Waals surface area contributed by atoms with Gasteiger partial charge in [-0.3, -0.25) is 4.79 Å². The van der Waals surface area contributed by atoms with Gasteiger partial charge in [-0.05, 0) is 17.7 Å². The van der Waals surface area contributed by atoms with Crippen molar-refractivity contribution >= 4 is 5.91 Å². The first kappa shape index (κ1) is 14.9. The van der Waals surface area contributed by atoms with Crippen LogP contribution in [0.2, 0.25) is 0 Å². The van der Waals surface area contributed by atoms with Crippen LogP contribution in [0.25, 0.3) is 0 Å². The molecule has 8 heteroatoms. The van der Waals surface area contributed by atoms with Gasteiger partial charge in [0.1, 0.15) is 5.69 Å². The molecule has 0 spiro atoms. The highest BCUT2D eigenvalue weighted by molar-refractivity contribution is 5.77. The molecule has 1 aromatic heterocycles. The SMILES string of the molecule is COc1ccc(Cn2cc(CNC(=O)CN)nn2)cc1F. The Bertz CT molecular complexity index is 629. The molecular weight excluding hydrogens is 277 g/mol. The maximum Gasteiger partial charge on any atom is 0.234 e. The second kappa shape index (κ2) is 6.80. The number of hydrogen-bond acceptors (Lipinski definition) is 5. The van der Waals surface area contributed by atoms with Crippen molar-refractivity contribution in [1.82, 2.24) is 20.3 Å². The number of ether oxygens (including phenoxy) is 1. The van der Waals surface area contributed by atoms with Crippen LogP contribution in [0, 0.1) is 5.82 Å². The van der Waals surface area contributed by atoms with Crippen LogP contribution in [0.15, 0.2) is 24.4 Å². The van der Waals surface area contributed by atoms with Gasteiger partial charge < -0.3 is 15.8 Å². The van der Waals surface area contributed by atoms with Crippen molar-refractivity contribution in [2.24, 2.45) is 5.73 Å². The predicted molar refractivity (Wildman–Crippen MR) is 73.0 cm³/mol. The minimum absolute atomic E-state index is 0.0702. The standard InChI is InChI=1S/C13H16FN5O2/c1-21-12-3-2-9(4-11(12)14)7-19-8-10(17-18-19)6-16-13(20)5-15/h2-4,8H,5-7,15H2,1H3,(H,16,20). The first-order valence-electron chi connectivity index (χ1n) is 6.30. The van der Waals surface area contributed by atoms with Crippen LogP contribution in [0.1, 0.15) is 11.3 Å². The molecule has 0 radical (unpaired) electrons. The summed E-state index contributed by atoms with van der Waals surface area (Å²) in [4.78, 5) is 11.0. The Kier molecular flexibility index (Phi) is 4.83. The number of halogens is 1. The second-order valence-corrected chi connectivity index (χ2v) is 4.36. The van der Waals surface area contributed by atoms with Gasteiger partial charge >= 0.3 is 0 Å². The van der Waals surface area contributed by atoms with Crippen molar-refractivity contribution in [3.63, 3.8) is 0 Å². The molecule has 0 aliphatic carbocycles. The van der Waals surface area contributed by atoms with Crippen LogP contribution in [0.4, 0.5) is 4.39 Å². The number of carbonyl (C=O) groups is 1. The van der Waals surface area contributed by atoms with Crippen LogP contribution in [0.5, 0.6) is 5.75 Å². The van der Waals surface area contributed by atoms with Gasteiger partial charge in [-0.25, -0.2) is 9.07 Å². The van der Waals surface area contributed by atoms with E-state index in [0.717, 1.165) is 5.56 Å². The lowest BCUT2D eigenvalue weighted by molar-refractivity contribution is -0.119. The van der Waals surface area contributed by atoms with E-state index in [2.05, 4.69) is 15.6 Å². The Labute approximate surface area is 120 Å². The molecular formula is C13H16FN5O2. The summed E-state index contributed by atoms with van der Waals surface area (Å²) in [6.45, 7) is 0.561. The molecule has 1 heterocycles. The number of nitrogens with zero attached hydrogens (tertiary/aromatic N) is 3. The highest BCUT2D eigenvalue weighted by Gasteiger charge is 2.06. The summed E-state index contributed by atoms with van der Waals surface area (Å²) in [6.07, 6.45) is 1.68. The summed E-state index contributed by atoms with van der Waals surface area (Å²) in [5, 5.41) is 10.4. The molecule has 3 N–H and O–H groups in total. The fourth-order valence-corrected chi connectivity index (χ4v) is 1.75. The van der Waals surface area contributed by atoms with Gasteiger partial charge in [0.2, 0.25) is 5.91 Å². The normalized spacial score (nSPS) is 10.4. The first-order chi connectivity index (χ1) is 10.1. The topological polar surface area (TPSA) is 95.1 Å². The molecule has 7 nitrogen and oxygen atoms in total. The van der Waals surface area contributed by atoms with Crippen LogP contribution >= 0.6 is 0 Å². The van der Waals surface area contributed by atoms with Gasteiger partial charge in [0.25, 0.3) is 0 Å². The zero-order valence-corrected chi connectivity index (χ0v) is 11.5. The Morgan fingerprint density at radius 2 is 2.33 bits per heavy atom. The molecule has 0 atom stereocenters. The maximum atomic E-state index is 13.6. The van der Waals surface area contributed by atoms with Crippen molar-refractivity contribution in [2.75, 3.05) is 13.7 Å². The van der Waals surface area contributed by atoms with E-state index < -0.39 is 5.82 Å². The van der Waals surface area contributed by atoms with E-state index >= 15 is 0 Å². The van der Waals surface area contributed by atoms with Crippen molar-refractivity contribution < 1.29 is 13.9 Å². The van der Waals surface area contributed by atoms with Crippen LogP contribution in [0.3, 0.4) is 0 Å². The monoisotopic (exact) mass is 293 g/mol. The average molecular weight is 293 g/mol. The Balaban J connectivity index is 1.99. The van der Waals surface area contributed by atoms with E-state index in [1.165, 1.54) is 13.2 Å². The molecule has 0 bridgehead atoms. The molecule has 0 aliphatic heterocycles. The van der Waals surface area contributed by atoms with Gasteiger partial charge in [-0.2, -0.15) is 0 Å². The van der Waals surface area contributed by atoms with Crippen molar-refractivity contribution in [2.45, 2.75) is 13.1 Å². The number of rotatable bonds is 6. The molecule has 112 valence electrons. The van der Waals surface area contributed by atoms with Crippen LogP contribution in [-0.2, 0) is 17.9 Å². The second-order valence-electron chi connectivity index (χ2n) is 4.36. The van der Waals surface area contributed by atoms with E-state index in [4.69, 9.17) is 10.5 Å². The van der Waals surface area contributed by atoms with Crippen LogP contribution < -0.4 is 15.8 Å². The zero-order chi connectivity index (χ0) is 15.2. The summed E-state index contributed by atoms with van der Waals surface area (Å²) >= 11 is 0. The molecule has 2 rings (SSSR count). The number of aromatic nitrogens is 3. The number of methoxy groups -OCH3 is 1. The fourth-order valence-electron chi connectivity index (χ4n) is 1.75. The van der Waals surface area contributed by atoms with Gasteiger partial charge in [0, 0.05) is 0 Å². The first-order valence-corrected chi connectivity index (χ1v) is 6.30. The molecule has 2 aromatic rings. The predicted octanol–water partition coefficient (Wildman–Crippen LogP) is 0.0490. The molecule has 0 unspecified atom stereocenters. The Morgan fingerprint density at radius 3 is 3.00 bits per heavy atom. The summed E-state index contributed by atoms with van der Waals surface area (Å²) in [6, 6.07) is 4.69. The number of amides is 1. The average Bonchev–Trinajstić information content (AvgIpc) is 2.92. The molecule has 1 aromatic carbocycles. The summed E-state index contributed by atoms with van der Waals surface area (Å²) in [5.41, 5.74) is 6.52. The Hall–Kier alpha value is -2.48. The molecule has 0 fully saturated rings. The minimum atomic E-state index is -0.425. The highest BCUT2D eigenvalue weighted by atomic mass is 19.1. The number of benzene rings is 1. The maximum absolute atomic E-state index is 13.6. The number of nitrogens with one attached hydrogen (secondary N) is 1. The summed E-state index contributed by atoms with van der Waals surface area (Å²) < 4.78 is 20.0. The van der Waals surface area contributed by atoms with Gasteiger partial charge in [0.15, 0.2) is 11.6 Å². The number of carbonyl (C=O) groups excluding carboxylic acids is 1. The van der Waals surface area contributed by atoms with Crippen molar-refractivity contribution in [3.05, 3.63) is 41.5 Å². The highest BCUT2D eigenvalue weighted by Crippen LogP contribution is 2.18. The van der Waals surface area contributed by atoms with Crippen molar-refractivity contribution in [1.29, 1.82) is 0 Å². The lowest BCUT2D eigenvalue weighted by atomic mass is 10.2. The van der Waals surface area contributed by atoms with Gasteiger partial charge in [-0.1, -0.05) is 11.3 Å². The molecule has 1 amide bonds. The third-order valence-corrected chi connectivity index (χ3v) is 2.80. The number of nitrogens with two attached hydrogens (primary N) is 1. The quantitative estimate of drug-likeness (QED) is 0.784.